The molecule has 0 bridgehead atoms. The average molecular weight is 1990 g/mol. The van der Waals surface area contributed by atoms with E-state index in [4.69, 9.17) is 22.6 Å². The molecule has 14 atom stereocenters. The number of fused-ring (bicyclic) bond motifs is 3. The zero-order valence-electron chi connectivity index (χ0n) is 81.7. The predicted octanol–water partition coefficient (Wildman–Crippen LogP) is -1.02. The number of rotatable bonds is 30. The van der Waals surface area contributed by atoms with Gasteiger partial charge < -0.3 is 126 Å². The number of benzene rings is 3. The first-order chi connectivity index (χ1) is 67.9. The molecule has 3 aromatic carbocycles. The summed E-state index contributed by atoms with van der Waals surface area (Å²) in [5, 5.41) is 55.5. The van der Waals surface area contributed by atoms with E-state index in [1.54, 1.807) is 105 Å². The van der Waals surface area contributed by atoms with Gasteiger partial charge in [-0.3, -0.25) is 91.7 Å². The van der Waals surface area contributed by atoms with Crippen LogP contribution < -0.4 is 86.3 Å². The molecule has 5 heterocycles. The number of nitrogens with two attached hydrogens (primary N) is 3. The van der Waals surface area contributed by atoms with Crippen LogP contribution in [0.1, 0.15) is 173 Å². The summed E-state index contributed by atoms with van der Waals surface area (Å²) in [4.78, 5) is 284. The number of para-hydroxylation sites is 2. The lowest BCUT2D eigenvalue weighted by Crippen LogP contribution is -2.62. The molecule has 3 aliphatic rings. The Morgan fingerprint density at radius 3 is 1.63 bits per heavy atom. The molecule has 18 amide bonds. The van der Waals surface area contributed by atoms with E-state index >= 15 is 52.7 Å². The highest BCUT2D eigenvalue weighted by molar-refractivity contribution is 8.00. The van der Waals surface area contributed by atoms with Gasteiger partial charge in [-0.2, -0.15) is 0 Å². The Kier molecular flexibility index (Phi) is 43.4. The van der Waals surface area contributed by atoms with Crippen molar-refractivity contribution in [3.05, 3.63) is 126 Å². The average Bonchev–Trinajstić information content (AvgIpc) is 1.55. The zero-order valence-corrected chi connectivity index (χ0v) is 82.5. The summed E-state index contributed by atoms with van der Waals surface area (Å²) < 4.78 is 0. The van der Waals surface area contributed by atoms with Gasteiger partial charge in [0.15, 0.2) is 5.96 Å². The van der Waals surface area contributed by atoms with Crippen LogP contribution in [-0.4, -0.2) is 307 Å². The largest absolute Gasteiger partial charge is 0.394 e. The summed E-state index contributed by atoms with van der Waals surface area (Å²) in [6, 6.07) is 0.660. The lowest BCUT2D eigenvalue weighted by molar-refractivity contribution is -0.149. The molecule has 2 aliphatic heterocycles. The molecule has 1 unspecified atom stereocenters. The molecule has 3 aromatic heterocycles. The van der Waals surface area contributed by atoms with E-state index in [2.05, 4.69) is 89.1 Å². The van der Waals surface area contributed by atoms with E-state index in [1.165, 1.54) is 40.6 Å². The molecule has 6 aromatic rings. The van der Waals surface area contributed by atoms with Gasteiger partial charge in [0.2, 0.25) is 106 Å². The quantitative estimate of drug-likeness (QED) is 0.0146. The summed E-state index contributed by atoms with van der Waals surface area (Å²) in [6.07, 6.45) is 9.02. The van der Waals surface area contributed by atoms with E-state index in [1.807, 2.05) is 13.8 Å². The molecule has 45 heteroatoms. The lowest BCUT2D eigenvalue weighted by atomic mass is 9.88. The number of aromatic amines is 3. The third-order valence-corrected chi connectivity index (χ3v) is 26.8. The number of likely N-dealkylation sites (N-methyl/N-ethyl adjacent to an activating group) is 3. The van der Waals surface area contributed by atoms with Crippen LogP contribution in [-0.2, 0) is 112 Å². The first-order valence-electron chi connectivity index (χ1n) is 48.5. The number of aliphatic hydroxyl groups excluding tert-OH is 1. The molecule has 772 valence electrons. The summed E-state index contributed by atoms with van der Waals surface area (Å²) in [5.41, 5.74) is 20.0. The summed E-state index contributed by atoms with van der Waals surface area (Å²) in [5.74, 6) is -18.4. The fourth-order valence-corrected chi connectivity index (χ4v) is 18.5. The zero-order chi connectivity index (χ0) is 103. The maximum absolute atomic E-state index is 15.9. The normalized spacial score (nSPS) is 23.9. The number of H-pyrrole nitrogens is 3. The number of primary amides is 2. The van der Waals surface area contributed by atoms with Crippen molar-refractivity contribution in [2.75, 3.05) is 65.4 Å². The third kappa shape index (κ3) is 32.8. The van der Waals surface area contributed by atoms with Crippen molar-refractivity contribution in [1.82, 2.24) is 109 Å². The monoisotopic (exact) mass is 1990 g/mol. The third-order valence-electron chi connectivity index (χ3n) is 25.7. The fraction of sp³-hybridized carbons (Fsp3) is 0.546. The van der Waals surface area contributed by atoms with Crippen LogP contribution in [0.2, 0.25) is 0 Å². The number of imidazole rings is 1. The number of carbonyl (C=O) groups excluding carboxylic acids is 18. The van der Waals surface area contributed by atoms with E-state index in [0.29, 0.717) is 82.7 Å². The number of nitrogens with zero attached hydrogens (tertiary/aromatic N) is 5. The molecule has 0 spiro atoms. The van der Waals surface area contributed by atoms with Crippen molar-refractivity contribution < 1.29 is 91.4 Å². The number of aliphatic hydroxyl groups is 1. The van der Waals surface area contributed by atoms with E-state index in [0.717, 1.165) is 50.6 Å². The highest BCUT2D eigenvalue weighted by Crippen LogP contribution is 2.28. The maximum atomic E-state index is 15.9. The Balaban J connectivity index is 1.12. The van der Waals surface area contributed by atoms with Gasteiger partial charge in [0.25, 0.3) is 0 Å². The highest BCUT2D eigenvalue weighted by atomic mass is 32.2. The fourth-order valence-electron chi connectivity index (χ4n) is 17.7. The van der Waals surface area contributed by atoms with Gasteiger partial charge in [-0.25, -0.2) is 4.98 Å². The molecule has 44 nitrogen and oxygen atoms in total. The van der Waals surface area contributed by atoms with Gasteiger partial charge in [-0.1, -0.05) is 139 Å². The van der Waals surface area contributed by atoms with Crippen LogP contribution in [0, 0.1) is 17.2 Å². The Labute approximate surface area is 828 Å². The molecular formula is C97H139N25O19S. The number of hydrogen-bond donors (Lipinski definition) is 21. The molecule has 24 N–H and O–H groups in total. The highest BCUT2D eigenvalue weighted by Gasteiger charge is 2.45. The minimum Gasteiger partial charge on any atom is -0.394 e. The van der Waals surface area contributed by atoms with Gasteiger partial charge in [0.05, 0.1) is 31.7 Å². The van der Waals surface area contributed by atoms with Crippen LogP contribution in [0.15, 0.2) is 104 Å². The minimum atomic E-state index is -1.91. The van der Waals surface area contributed by atoms with E-state index in [-0.39, 0.29) is 114 Å². The van der Waals surface area contributed by atoms with E-state index < -0.39 is 222 Å². The second kappa shape index (κ2) is 55.3. The van der Waals surface area contributed by atoms with Crippen molar-refractivity contribution in [2.45, 2.75) is 260 Å². The second-order valence-corrected chi connectivity index (χ2v) is 37.9. The number of guanidine groups is 1. The number of nitrogens with one attached hydrogen (secondary N) is 17. The molecule has 0 radical (unpaired) electrons. The number of carbonyl (C=O) groups is 18. The van der Waals surface area contributed by atoms with Gasteiger partial charge in [-0.05, 0) is 106 Å². The molecule has 142 heavy (non-hydrogen) atoms. The Morgan fingerprint density at radius 2 is 1.02 bits per heavy atom. The number of thioether (sulfide) groups is 1. The van der Waals surface area contributed by atoms with Crippen molar-refractivity contribution in [1.29, 1.82) is 5.41 Å². The van der Waals surface area contributed by atoms with Crippen LogP contribution in [0.25, 0.3) is 21.8 Å². The molecule has 2 saturated heterocycles. The molecule has 1 saturated carbocycles. The molecule has 1 aliphatic carbocycles. The van der Waals surface area contributed by atoms with Gasteiger partial charge in [-0.15, -0.1) is 11.8 Å². The van der Waals surface area contributed by atoms with Crippen LogP contribution >= 0.6 is 11.8 Å². The molecule has 3 fully saturated rings. The van der Waals surface area contributed by atoms with Gasteiger partial charge in [0, 0.05) is 124 Å². The Bertz CT molecular complexity index is 5380. The van der Waals surface area contributed by atoms with Crippen molar-refractivity contribution >= 4 is 146 Å². The summed E-state index contributed by atoms with van der Waals surface area (Å²) >= 11 is 0.791. The molecular weight excluding hydrogens is 1850 g/mol. The number of hydrogen-bond acceptors (Lipinski definition) is 22. The standard InChI is InChI=1S/C97H139N25O19S/c1-9-11-34-76-91(136)111-66(33-23-38-104-97(100)101)85(130)118-75(84(129)107-50-80(99)125)52-142-53-81(126)109-71(42-57-25-15-13-16-26-57)93(138)119(6)56(5)82(127)115-73(46-79(98)124)95(140)122-40-24-36-77(122)92(137)114-70(45-61-49-102-54-108-61)89(134)112-68(41-55(3)4)87(132)110-67(37-39-103-83(128)58-27-17-14-18-28-58)86(131)113-69(43-59-47-105-64-31-21-19-29-62(59)64)88(133)117-74(51-123)90(135)116-72(44-60-48-106-65-32-22-20-30-63(60)65)94(139)121(8)78(35-12-10-2)96(141)120(76)7/h13,15-16,19-22,25-26,29-32,47-49,54-56,58,66-78,105-106,123H,9-12,14,17-18,23-24,27-28,33-46,50-53H2,1-8H3,(H2,98,124)(H2,99,125)(H,102,108)(H,103,128)(H,107,129)(H,109,126)(H,110,132)(H,111,136)(H,112,134)(H,113,131)(H,114,137)(H,115,127)(H,116,135)(H,117,133)(H,118,130)(H4,100,101,104)/t56-,66-,67-,68-,69-,70-,71-,72-,73-,74-,75?,76-,77-,78-/m0/s1. The van der Waals surface area contributed by atoms with Gasteiger partial charge in [0.1, 0.15) is 84.6 Å². The summed E-state index contributed by atoms with van der Waals surface area (Å²) in [6.45, 7) is 6.34. The number of amides is 18. The van der Waals surface area contributed by atoms with Crippen molar-refractivity contribution in [2.24, 2.45) is 29.0 Å². The van der Waals surface area contributed by atoms with Crippen molar-refractivity contribution in [3.63, 3.8) is 0 Å². The van der Waals surface area contributed by atoms with Crippen molar-refractivity contribution in [3.8, 4) is 0 Å². The second-order valence-electron chi connectivity index (χ2n) is 36.9. The number of aromatic nitrogens is 4. The maximum Gasteiger partial charge on any atom is 0.246 e. The lowest BCUT2D eigenvalue weighted by Gasteiger charge is -2.36. The SMILES string of the molecule is CCCC[C@H]1C(=O)N(C)[C@@H](CCCC)C(=O)N[C@@H](CCCNC(=N)N)C(=O)NC(C(=O)NCC(N)=O)CSCC(=O)N[C@@H](Cc2ccccc2)C(=O)N(C)[C@@H](C)C(=O)N[C@@H](CC(N)=O)C(=O)N2CCC[C@H]2C(=O)N[C@@H](Cc2cnc[nH]2)C(=O)N[C@@H](CC(C)C)C(=O)N[C@@H](CCNC(=O)C2CCCCC2)C(=O)N[C@@H](Cc2c[nH]c3ccccc23)C(=O)N[C@@H](CO)C(=O)N[C@@H](Cc2c[nH]c3ccccc23)C(=O)N1C. The smallest absolute Gasteiger partial charge is 0.246 e. The van der Waals surface area contributed by atoms with Gasteiger partial charge >= 0.3 is 0 Å². The molecule has 9 rings (SSSR count). The number of unbranched alkanes of at least 4 members (excludes halogenated alkanes) is 2. The summed E-state index contributed by atoms with van der Waals surface area (Å²) in [7, 11) is 3.96. The van der Waals surface area contributed by atoms with E-state index in [9.17, 15) is 38.7 Å². The minimum absolute atomic E-state index is 0.00745. The Morgan fingerprint density at radius 1 is 0.493 bits per heavy atom. The predicted molar refractivity (Wildman–Crippen MR) is 528 cm³/mol. The first-order valence-corrected chi connectivity index (χ1v) is 49.7. The Hall–Kier alpha value is -14.0. The van der Waals surface area contributed by atoms with Crippen LogP contribution in [0.3, 0.4) is 0 Å². The first kappa shape index (κ1) is 112. The van der Waals surface area contributed by atoms with Crippen LogP contribution in [0.4, 0.5) is 0 Å². The van der Waals surface area contributed by atoms with Crippen LogP contribution in [0.5, 0.6) is 0 Å². The topological polar surface area (TPSA) is 659 Å².